The number of amides is 1. The minimum absolute atomic E-state index is 0.0648. The number of fused-ring (bicyclic) bond motifs is 1. The molecule has 2 aliphatic rings. The predicted molar refractivity (Wildman–Crippen MR) is 57.5 cm³/mol. The van der Waals surface area contributed by atoms with Crippen molar-refractivity contribution < 1.29 is 4.79 Å². The molecule has 0 radical (unpaired) electrons. The van der Waals surface area contributed by atoms with Crippen LogP contribution < -0.4 is 10.6 Å². The Hall–Kier alpha value is -1.35. The van der Waals surface area contributed by atoms with Gasteiger partial charge in [-0.25, -0.2) is 0 Å². The van der Waals surface area contributed by atoms with Crippen LogP contribution in [0.1, 0.15) is 10.4 Å². The van der Waals surface area contributed by atoms with Gasteiger partial charge in [-0.05, 0) is 24.0 Å². The molecule has 1 unspecified atom stereocenters. The molecule has 0 spiro atoms. The van der Waals surface area contributed by atoms with Gasteiger partial charge in [0.25, 0.3) is 5.91 Å². The summed E-state index contributed by atoms with van der Waals surface area (Å²) < 4.78 is 0. The van der Waals surface area contributed by atoms with E-state index in [-0.39, 0.29) is 5.91 Å². The average molecular weight is 202 g/mol. The van der Waals surface area contributed by atoms with Crippen molar-refractivity contribution in [1.82, 2.24) is 10.6 Å². The third-order valence-corrected chi connectivity index (χ3v) is 3.43. The highest BCUT2D eigenvalue weighted by atomic mass is 16.1. The molecule has 15 heavy (non-hydrogen) atoms. The molecule has 1 aliphatic heterocycles. The molecule has 0 bridgehead atoms. The normalized spacial score (nSPS) is 32.1. The zero-order valence-electron chi connectivity index (χ0n) is 8.44. The molecule has 1 aromatic carbocycles. The second-order valence-corrected chi connectivity index (χ2v) is 4.35. The van der Waals surface area contributed by atoms with E-state index in [4.69, 9.17) is 0 Å². The number of carbonyl (C=O) groups is 1. The van der Waals surface area contributed by atoms with E-state index in [1.165, 1.54) is 0 Å². The summed E-state index contributed by atoms with van der Waals surface area (Å²) in [6.45, 7) is 2.12. The van der Waals surface area contributed by atoms with Crippen molar-refractivity contribution in [3.63, 3.8) is 0 Å². The molecule has 3 nitrogen and oxygen atoms in total. The summed E-state index contributed by atoms with van der Waals surface area (Å²) in [5.74, 6) is 1.42. The molecule has 3 heteroatoms. The molecule has 2 fully saturated rings. The predicted octanol–water partition coefficient (Wildman–Crippen LogP) is 0.634. The van der Waals surface area contributed by atoms with Gasteiger partial charge in [0.1, 0.15) is 0 Å². The van der Waals surface area contributed by atoms with Crippen LogP contribution in [-0.2, 0) is 0 Å². The molecule has 1 saturated heterocycles. The van der Waals surface area contributed by atoms with Gasteiger partial charge >= 0.3 is 0 Å². The fraction of sp³-hybridized carbons (Fsp3) is 0.417. The van der Waals surface area contributed by atoms with E-state index in [1.54, 1.807) is 0 Å². The molecule has 1 aliphatic carbocycles. The fourth-order valence-electron chi connectivity index (χ4n) is 2.46. The summed E-state index contributed by atoms with van der Waals surface area (Å²) in [7, 11) is 0. The minimum atomic E-state index is 0.0648. The highest BCUT2D eigenvalue weighted by molar-refractivity contribution is 5.94. The summed E-state index contributed by atoms with van der Waals surface area (Å²) in [4.78, 5) is 11.8. The van der Waals surface area contributed by atoms with E-state index in [0.29, 0.717) is 17.9 Å². The van der Waals surface area contributed by atoms with Crippen LogP contribution in [0.2, 0.25) is 0 Å². The Labute approximate surface area is 88.9 Å². The second kappa shape index (κ2) is 3.35. The van der Waals surface area contributed by atoms with Crippen LogP contribution in [0.5, 0.6) is 0 Å². The van der Waals surface area contributed by atoms with Crippen molar-refractivity contribution in [2.24, 2.45) is 11.8 Å². The Balaban J connectivity index is 1.63. The van der Waals surface area contributed by atoms with Crippen LogP contribution in [0.15, 0.2) is 30.3 Å². The molecule has 1 aromatic rings. The number of nitrogens with one attached hydrogen (secondary N) is 2. The van der Waals surface area contributed by atoms with Crippen LogP contribution in [0.25, 0.3) is 0 Å². The molecule has 1 saturated carbocycles. The molecule has 0 aromatic heterocycles. The molecule has 1 amide bonds. The number of hydrogen-bond acceptors (Lipinski definition) is 2. The summed E-state index contributed by atoms with van der Waals surface area (Å²) in [6.07, 6.45) is 0. The third kappa shape index (κ3) is 1.53. The van der Waals surface area contributed by atoms with Crippen molar-refractivity contribution in [1.29, 1.82) is 0 Å². The highest BCUT2D eigenvalue weighted by Gasteiger charge is 2.53. The number of carbonyl (C=O) groups excluding carboxylic acids is 1. The van der Waals surface area contributed by atoms with E-state index < -0.39 is 0 Å². The second-order valence-electron chi connectivity index (χ2n) is 4.35. The Morgan fingerprint density at radius 1 is 1.20 bits per heavy atom. The first-order valence-electron chi connectivity index (χ1n) is 5.43. The standard InChI is InChI=1S/C12H14N2O/c15-12(8-4-2-1-3-5-8)14-11-9-6-13-7-10(9)11/h1-5,9-11,13H,6-7H2,(H,14,15)/t9-,10+,11?. The minimum Gasteiger partial charge on any atom is -0.349 e. The van der Waals surface area contributed by atoms with Gasteiger partial charge < -0.3 is 10.6 Å². The van der Waals surface area contributed by atoms with E-state index in [9.17, 15) is 4.79 Å². The van der Waals surface area contributed by atoms with E-state index in [0.717, 1.165) is 18.7 Å². The summed E-state index contributed by atoms with van der Waals surface area (Å²) in [6, 6.07) is 9.83. The number of benzene rings is 1. The maximum absolute atomic E-state index is 11.8. The van der Waals surface area contributed by atoms with Crippen molar-refractivity contribution in [3.05, 3.63) is 35.9 Å². The fourth-order valence-corrected chi connectivity index (χ4v) is 2.46. The van der Waals surface area contributed by atoms with Gasteiger partial charge in [0, 0.05) is 24.7 Å². The maximum Gasteiger partial charge on any atom is 0.251 e. The lowest BCUT2D eigenvalue weighted by Crippen LogP contribution is -2.32. The van der Waals surface area contributed by atoms with Crippen molar-refractivity contribution in [2.75, 3.05) is 13.1 Å². The molecule has 3 atom stereocenters. The molecular weight excluding hydrogens is 188 g/mol. The van der Waals surface area contributed by atoms with Gasteiger partial charge in [-0.2, -0.15) is 0 Å². The van der Waals surface area contributed by atoms with E-state index >= 15 is 0 Å². The van der Waals surface area contributed by atoms with E-state index in [2.05, 4.69) is 10.6 Å². The quantitative estimate of drug-likeness (QED) is 0.738. The van der Waals surface area contributed by atoms with Gasteiger partial charge in [-0.15, -0.1) is 0 Å². The maximum atomic E-state index is 11.8. The number of piperidine rings is 1. The molecule has 3 rings (SSSR count). The van der Waals surface area contributed by atoms with Gasteiger partial charge in [0.05, 0.1) is 0 Å². The van der Waals surface area contributed by atoms with Crippen LogP contribution in [0.4, 0.5) is 0 Å². The van der Waals surface area contributed by atoms with Crippen LogP contribution >= 0.6 is 0 Å². The lowest BCUT2D eigenvalue weighted by atomic mass is 10.2. The van der Waals surface area contributed by atoms with Gasteiger partial charge in [-0.3, -0.25) is 4.79 Å². The Morgan fingerprint density at radius 3 is 2.53 bits per heavy atom. The monoisotopic (exact) mass is 202 g/mol. The number of rotatable bonds is 2. The molecule has 2 N–H and O–H groups in total. The number of hydrogen-bond donors (Lipinski definition) is 2. The largest absolute Gasteiger partial charge is 0.349 e. The Morgan fingerprint density at radius 2 is 1.87 bits per heavy atom. The Bertz CT molecular complexity index is 366. The zero-order chi connectivity index (χ0) is 10.3. The van der Waals surface area contributed by atoms with Crippen LogP contribution in [0, 0.1) is 11.8 Å². The molecule has 1 heterocycles. The van der Waals surface area contributed by atoms with Gasteiger partial charge in [0.15, 0.2) is 0 Å². The third-order valence-electron chi connectivity index (χ3n) is 3.43. The van der Waals surface area contributed by atoms with Crippen LogP contribution in [-0.4, -0.2) is 25.0 Å². The lowest BCUT2D eigenvalue weighted by Gasteiger charge is -2.07. The highest BCUT2D eigenvalue weighted by Crippen LogP contribution is 2.41. The summed E-state index contributed by atoms with van der Waals surface area (Å²) in [5.41, 5.74) is 0.760. The van der Waals surface area contributed by atoms with Crippen molar-refractivity contribution >= 4 is 5.91 Å². The average Bonchev–Trinajstić information content (AvgIpc) is 2.75. The molecule has 78 valence electrons. The SMILES string of the molecule is O=C(NC1[C@H]2CNC[C@@H]12)c1ccccc1. The van der Waals surface area contributed by atoms with Crippen LogP contribution in [0.3, 0.4) is 0 Å². The van der Waals surface area contributed by atoms with Crippen molar-refractivity contribution in [2.45, 2.75) is 6.04 Å². The van der Waals surface area contributed by atoms with Gasteiger partial charge in [-0.1, -0.05) is 18.2 Å². The van der Waals surface area contributed by atoms with Crippen molar-refractivity contribution in [3.8, 4) is 0 Å². The summed E-state index contributed by atoms with van der Waals surface area (Å²) >= 11 is 0. The van der Waals surface area contributed by atoms with Gasteiger partial charge in [0.2, 0.25) is 0 Å². The van der Waals surface area contributed by atoms with E-state index in [1.807, 2.05) is 30.3 Å². The Kier molecular flexibility index (Phi) is 1.99. The lowest BCUT2D eigenvalue weighted by molar-refractivity contribution is 0.0946. The summed E-state index contributed by atoms with van der Waals surface area (Å²) in [5, 5.41) is 6.41. The first-order chi connectivity index (χ1) is 7.36. The smallest absolute Gasteiger partial charge is 0.251 e. The first-order valence-corrected chi connectivity index (χ1v) is 5.43. The topological polar surface area (TPSA) is 41.1 Å². The first kappa shape index (κ1) is 8.92. The molecular formula is C12H14N2O. The zero-order valence-corrected chi connectivity index (χ0v) is 8.44.